The summed E-state index contributed by atoms with van der Waals surface area (Å²) in [5.74, 6) is 3.02. The number of hydrogen-bond donors (Lipinski definition) is 0. The number of rotatable bonds is 7. The zero-order valence-electron chi connectivity index (χ0n) is 29.3. The van der Waals surface area contributed by atoms with Gasteiger partial charge in [0, 0.05) is 39.2 Å². The number of fused-ring (bicyclic) bond motifs is 4. The van der Waals surface area contributed by atoms with Crippen molar-refractivity contribution in [3.8, 4) is 39.9 Å². The molecular weight excluding hydrogens is 637 g/mol. The first-order chi connectivity index (χ1) is 25.6. The Hall–Kier alpha value is -6.33. The molecule has 0 saturated carbocycles. The third kappa shape index (κ3) is 5.74. The molecule has 2 aliphatic rings. The quantitative estimate of drug-likeness (QED) is 0.158. The van der Waals surface area contributed by atoms with E-state index in [9.17, 15) is 0 Å². The Bertz CT molecular complexity index is 2490. The molecule has 7 aromatic rings. The molecule has 0 saturated heterocycles. The van der Waals surface area contributed by atoms with Crippen LogP contribution in [0.3, 0.4) is 0 Å². The Balaban J connectivity index is 1.08. The maximum absolute atomic E-state index is 6.44. The summed E-state index contributed by atoms with van der Waals surface area (Å²) < 4.78 is 8.92. The van der Waals surface area contributed by atoms with E-state index in [4.69, 9.17) is 19.4 Å². The van der Waals surface area contributed by atoms with Gasteiger partial charge in [-0.1, -0.05) is 116 Å². The lowest BCUT2D eigenvalue weighted by Crippen LogP contribution is -2.14. The van der Waals surface area contributed by atoms with Gasteiger partial charge in [-0.15, -0.1) is 0 Å². The van der Waals surface area contributed by atoms with Crippen molar-refractivity contribution in [2.45, 2.75) is 33.1 Å². The van der Waals surface area contributed by atoms with Crippen LogP contribution in [0.15, 0.2) is 149 Å². The van der Waals surface area contributed by atoms with E-state index in [1.807, 2.05) is 72.8 Å². The number of benzene rings is 4. The number of nitrogens with zero attached hydrogens (tertiary/aromatic N) is 4. The van der Waals surface area contributed by atoms with Gasteiger partial charge >= 0.3 is 0 Å². The van der Waals surface area contributed by atoms with Crippen LogP contribution in [-0.4, -0.2) is 19.5 Å². The van der Waals surface area contributed by atoms with Crippen molar-refractivity contribution in [1.82, 2.24) is 19.5 Å². The third-order valence-corrected chi connectivity index (χ3v) is 10.2. The van der Waals surface area contributed by atoms with Crippen LogP contribution in [-0.2, 0) is 12.8 Å². The standard InChI is InChI=1S/C47H38N4O/c1-3-32(39-30-40-37-22-13-14-24-42(37)51(43(40)28-31(39)2)35-20-11-6-12-21-35)26-27-36-29-41-38(23-15-25-44(41)52-36)47-49-45(33-16-7-4-8-17-33)48-46(50-47)34-18-9-5-10-19-34/h3-12,14-21,23-27,29-31H,13,22,28H2,1-2H3/b27-26-,32-3+. The summed E-state index contributed by atoms with van der Waals surface area (Å²) in [5.41, 5.74) is 13.0. The molecule has 0 aliphatic heterocycles. The molecule has 5 nitrogen and oxygen atoms in total. The highest BCUT2D eigenvalue weighted by molar-refractivity contribution is 5.94. The lowest BCUT2D eigenvalue weighted by Gasteiger charge is -2.24. The maximum Gasteiger partial charge on any atom is 0.164 e. The van der Waals surface area contributed by atoms with E-state index in [0.29, 0.717) is 23.4 Å². The number of furan rings is 1. The summed E-state index contributed by atoms with van der Waals surface area (Å²) in [4.78, 5) is 14.8. The Kier molecular flexibility index (Phi) is 8.17. The van der Waals surface area contributed by atoms with Crippen molar-refractivity contribution >= 4 is 29.2 Å². The molecule has 0 amide bonds. The molecule has 1 atom stereocenters. The van der Waals surface area contributed by atoms with Gasteiger partial charge in [0.15, 0.2) is 17.5 Å². The first-order valence-electron chi connectivity index (χ1n) is 18.1. The van der Waals surface area contributed by atoms with Gasteiger partial charge < -0.3 is 8.98 Å². The number of hydrogen-bond acceptors (Lipinski definition) is 4. The van der Waals surface area contributed by atoms with E-state index in [1.165, 1.54) is 39.3 Å². The van der Waals surface area contributed by atoms with Crippen LogP contribution in [0.25, 0.3) is 69.0 Å². The predicted octanol–water partition coefficient (Wildman–Crippen LogP) is 11.6. The van der Waals surface area contributed by atoms with E-state index >= 15 is 0 Å². The lowest BCUT2D eigenvalue weighted by molar-refractivity contribution is 0.604. The molecule has 0 radical (unpaired) electrons. The summed E-state index contributed by atoms with van der Waals surface area (Å²) in [6.45, 7) is 4.47. The lowest BCUT2D eigenvalue weighted by atomic mass is 9.82. The first kappa shape index (κ1) is 31.6. The van der Waals surface area contributed by atoms with Crippen molar-refractivity contribution in [3.05, 3.63) is 173 Å². The molecule has 3 aromatic heterocycles. The van der Waals surface area contributed by atoms with Gasteiger partial charge in [0.05, 0.1) is 0 Å². The molecular formula is C47H38N4O. The SMILES string of the molecule is C/C=C(\C=C/c1cc2c(-c3nc(-c4ccccc4)nc(-c4ccccc4)n3)cccc2o1)C1=Cc2c3c(n(-c4ccccc4)c2CC1C)C=CCC3. The van der Waals surface area contributed by atoms with Gasteiger partial charge in [-0.3, -0.25) is 0 Å². The van der Waals surface area contributed by atoms with E-state index in [0.717, 1.165) is 52.7 Å². The van der Waals surface area contributed by atoms with E-state index < -0.39 is 0 Å². The second-order valence-corrected chi connectivity index (χ2v) is 13.5. The van der Waals surface area contributed by atoms with Gasteiger partial charge in [-0.05, 0) is 96.9 Å². The first-order valence-corrected chi connectivity index (χ1v) is 18.1. The van der Waals surface area contributed by atoms with Crippen molar-refractivity contribution in [1.29, 1.82) is 0 Å². The monoisotopic (exact) mass is 674 g/mol. The Morgan fingerprint density at radius 1 is 0.788 bits per heavy atom. The summed E-state index contributed by atoms with van der Waals surface area (Å²) in [5, 5.41) is 0.963. The Morgan fingerprint density at radius 3 is 2.15 bits per heavy atom. The zero-order valence-corrected chi connectivity index (χ0v) is 29.3. The molecule has 4 aromatic carbocycles. The van der Waals surface area contributed by atoms with Crippen molar-refractivity contribution in [2.24, 2.45) is 5.92 Å². The highest BCUT2D eigenvalue weighted by Gasteiger charge is 2.29. The zero-order chi connectivity index (χ0) is 35.0. The minimum absolute atomic E-state index is 0.356. The second kappa shape index (κ2) is 13.4. The van der Waals surface area contributed by atoms with Crippen LogP contribution in [0.1, 0.15) is 48.5 Å². The molecule has 0 bridgehead atoms. The normalized spacial score (nSPS) is 15.5. The fraction of sp³-hybridized carbons (Fsp3) is 0.128. The van der Waals surface area contributed by atoms with Crippen LogP contribution in [0.2, 0.25) is 0 Å². The van der Waals surface area contributed by atoms with Crippen molar-refractivity contribution < 1.29 is 4.42 Å². The fourth-order valence-corrected chi connectivity index (χ4v) is 7.70. The van der Waals surface area contributed by atoms with Crippen LogP contribution in [0.4, 0.5) is 0 Å². The topological polar surface area (TPSA) is 56.7 Å². The van der Waals surface area contributed by atoms with Crippen LogP contribution < -0.4 is 0 Å². The highest BCUT2D eigenvalue weighted by atomic mass is 16.3. The molecule has 2 aliphatic carbocycles. The molecule has 0 spiro atoms. The second-order valence-electron chi connectivity index (χ2n) is 13.5. The Labute approximate surface area is 304 Å². The number of para-hydroxylation sites is 1. The maximum atomic E-state index is 6.44. The molecule has 5 heteroatoms. The largest absolute Gasteiger partial charge is 0.457 e. The molecule has 9 rings (SSSR count). The molecule has 0 fully saturated rings. The summed E-state index contributed by atoms with van der Waals surface area (Å²) in [6.07, 6.45) is 16.7. The van der Waals surface area contributed by atoms with E-state index in [1.54, 1.807) is 0 Å². The number of allylic oxidation sites excluding steroid dienone is 5. The smallest absolute Gasteiger partial charge is 0.164 e. The third-order valence-electron chi connectivity index (χ3n) is 10.2. The van der Waals surface area contributed by atoms with Crippen LogP contribution in [0.5, 0.6) is 0 Å². The van der Waals surface area contributed by atoms with Crippen molar-refractivity contribution in [2.75, 3.05) is 0 Å². The number of aromatic nitrogens is 4. The summed E-state index contributed by atoms with van der Waals surface area (Å²) >= 11 is 0. The van der Waals surface area contributed by atoms with E-state index in [2.05, 4.69) is 97.3 Å². The molecule has 0 N–H and O–H groups in total. The minimum atomic E-state index is 0.356. The average molecular weight is 675 g/mol. The van der Waals surface area contributed by atoms with E-state index in [-0.39, 0.29) is 0 Å². The summed E-state index contributed by atoms with van der Waals surface area (Å²) in [6, 6.07) is 39.1. The van der Waals surface area contributed by atoms with Crippen LogP contribution in [0, 0.1) is 5.92 Å². The van der Waals surface area contributed by atoms with Gasteiger partial charge in [-0.25, -0.2) is 15.0 Å². The van der Waals surface area contributed by atoms with Crippen LogP contribution >= 0.6 is 0 Å². The molecule has 3 heterocycles. The summed E-state index contributed by atoms with van der Waals surface area (Å²) in [7, 11) is 0. The molecule has 1 unspecified atom stereocenters. The minimum Gasteiger partial charge on any atom is -0.457 e. The predicted molar refractivity (Wildman–Crippen MR) is 213 cm³/mol. The van der Waals surface area contributed by atoms with Crippen molar-refractivity contribution in [3.63, 3.8) is 0 Å². The Morgan fingerprint density at radius 2 is 1.46 bits per heavy atom. The average Bonchev–Trinajstić information content (AvgIpc) is 3.77. The van der Waals surface area contributed by atoms with Gasteiger partial charge in [0.25, 0.3) is 0 Å². The van der Waals surface area contributed by atoms with Gasteiger partial charge in [-0.2, -0.15) is 0 Å². The molecule has 52 heavy (non-hydrogen) atoms. The van der Waals surface area contributed by atoms with Gasteiger partial charge in [0.1, 0.15) is 11.3 Å². The fourth-order valence-electron chi connectivity index (χ4n) is 7.70. The van der Waals surface area contributed by atoms with Gasteiger partial charge in [0.2, 0.25) is 0 Å². The molecule has 252 valence electrons. The highest BCUT2D eigenvalue weighted by Crippen LogP contribution is 2.41.